The number of hydrogen-bond donors (Lipinski definition) is 1. The zero-order valence-corrected chi connectivity index (χ0v) is 12.0. The summed E-state index contributed by atoms with van der Waals surface area (Å²) in [5, 5.41) is 0.543. The van der Waals surface area contributed by atoms with E-state index in [4.69, 9.17) is 22.1 Å². The Labute approximate surface area is 119 Å². The summed E-state index contributed by atoms with van der Waals surface area (Å²) in [6.45, 7) is 0. The van der Waals surface area contributed by atoms with Gasteiger partial charge in [0, 0.05) is 15.6 Å². The summed E-state index contributed by atoms with van der Waals surface area (Å²) in [5.74, 6) is 1.11. The summed E-state index contributed by atoms with van der Waals surface area (Å²) in [7, 11) is 0.455. The van der Waals surface area contributed by atoms with E-state index >= 15 is 0 Å². The van der Waals surface area contributed by atoms with E-state index in [-0.39, 0.29) is 0 Å². The third-order valence-corrected chi connectivity index (χ3v) is 4.41. The van der Waals surface area contributed by atoms with E-state index < -0.39 is 10.8 Å². The summed E-state index contributed by atoms with van der Waals surface area (Å²) in [6, 6.07) is 12.4. The molecular weight excluding hydrogens is 282 g/mol. The number of nitrogen functional groups attached to an aromatic ring is 1. The van der Waals surface area contributed by atoms with Crippen LogP contribution in [-0.2, 0) is 16.6 Å². The first-order chi connectivity index (χ1) is 9.10. The van der Waals surface area contributed by atoms with Crippen molar-refractivity contribution in [1.82, 2.24) is 0 Å². The van der Waals surface area contributed by atoms with Crippen LogP contribution in [0, 0.1) is 0 Å². The molecule has 1 atom stereocenters. The highest BCUT2D eigenvalue weighted by atomic mass is 35.5. The minimum atomic E-state index is -1.14. The Kier molecular flexibility index (Phi) is 4.45. The lowest BCUT2D eigenvalue weighted by atomic mass is 10.2. The fourth-order valence-electron chi connectivity index (χ4n) is 1.63. The molecule has 0 heterocycles. The lowest BCUT2D eigenvalue weighted by molar-refractivity contribution is 0.414. The van der Waals surface area contributed by atoms with Crippen LogP contribution in [0.5, 0.6) is 5.75 Å². The zero-order valence-electron chi connectivity index (χ0n) is 10.4. The van der Waals surface area contributed by atoms with Crippen LogP contribution >= 0.6 is 11.6 Å². The Morgan fingerprint density at radius 1 is 1.21 bits per heavy atom. The molecule has 0 aromatic heterocycles. The van der Waals surface area contributed by atoms with E-state index in [0.29, 0.717) is 16.5 Å². The SMILES string of the molecule is COc1ccc(S(=O)Cc2ccc(N)cc2Cl)cc1. The number of benzene rings is 2. The monoisotopic (exact) mass is 295 g/mol. The molecule has 19 heavy (non-hydrogen) atoms. The second kappa shape index (κ2) is 6.08. The molecule has 2 aromatic carbocycles. The van der Waals surface area contributed by atoms with Crippen LogP contribution in [0.25, 0.3) is 0 Å². The average molecular weight is 296 g/mol. The van der Waals surface area contributed by atoms with Gasteiger partial charge in [0.15, 0.2) is 0 Å². The molecule has 100 valence electrons. The Morgan fingerprint density at radius 2 is 1.89 bits per heavy atom. The molecule has 0 aliphatic carbocycles. The number of hydrogen-bond acceptors (Lipinski definition) is 3. The van der Waals surface area contributed by atoms with Gasteiger partial charge in [-0.15, -0.1) is 0 Å². The van der Waals surface area contributed by atoms with Crippen molar-refractivity contribution in [2.75, 3.05) is 12.8 Å². The highest BCUT2D eigenvalue weighted by Crippen LogP contribution is 2.23. The van der Waals surface area contributed by atoms with Crippen molar-refractivity contribution in [2.45, 2.75) is 10.6 Å². The van der Waals surface area contributed by atoms with Gasteiger partial charge in [-0.05, 0) is 42.0 Å². The van der Waals surface area contributed by atoms with E-state index in [1.54, 1.807) is 49.6 Å². The molecule has 0 saturated heterocycles. The number of anilines is 1. The van der Waals surface area contributed by atoms with Crippen LogP contribution in [0.4, 0.5) is 5.69 Å². The van der Waals surface area contributed by atoms with Gasteiger partial charge in [0.1, 0.15) is 5.75 Å². The van der Waals surface area contributed by atoms with Crippen molar-refractivity contribution in [3.63, 3.8) is 0 Å². The van der Waals surface area contributed by atoms with Crippen molar-refractivity contribution in [3.8, 4) is 5.75 Å². The van der Waals surface area contributed by atoms with Crippen LogP contribution in [0.2, 0.25) is 5.02 Å². The summed E-state index contributed by atoms with van der Waals surface area (Å²) in [6.07, 6.45) is 0. The Balaban J connectivity index is 2.15. The number of halogens is 1. The number of rotatable bonds is 4. The summed E-state index contributed by atoms with van der Waals surface area (Å²) < 4.78 is 17.3. The molecule has 0 bridgehead atoms. The van der Waals surface area contributed by atoms with Crippen molar-refractivity contribution >= 4 is 28.1 Å². The Hall–Kier alpha value is -1.52. The zero-order chi connectivity index (χ0) is 13.8. The van der Waals surface area contributed by atoms with Gasteiger partial charge in [-0.3, -0.25) is 4.21 Å². The fraction of sp³-hybridized carbons (Fsp3) is 0.143. The Morgan fingerprint density at radius 3 is 2.47 bits per heavy atom. The van der Waals surface area contributed by atoms with Gasteiger partial charge >= 0.3 is 0 Å². The normalized spacial score (nSPS) is 12.1. The number of methoxy groups -OCH3 is 1. The first kappa shape index (κ1) is 13.9. The second-order valence-electron chi connectivity index (χ2n) is 4.02. The van der Waals surface area contributed by atoms with E-state index in [1.807, 2.05) is 0 Å². The topological polar surface area (TPSA) is 52.3 Å². The van der Waals surface area contributed by atoms with Crippen LogP contribution < -0.4 is 10.5 Å². The molecule has 3 nitrogen and oxygen atoms in total. The van der Waals surface area contributed by atoms with Gasteiger partial charge in [0.2, 0.25) is 0 Å². The van der Waals surface area contributed by atoms with E-state index in [0.717, 1.165) is 16.2 Å². The standard InChI is InChI=1S/C14H14ClNO2S/c1-18-12-4-6-13(7-5-12)19(17)9-10-2-3-11(16)8-14(10)15/h2-8H,9,16H2,1H3. The predicted octanol–water partition coefficient (Wildman–Crippen LogP) is 3.24. The smallest absolute Gasteiger partial charge is 0.118 e. The summed E-state index contributed by atoms with van der Waals surface area (Å²) in [5.41, 5.74) is 7.05. The van der Waals surface area contributed by atoms with Crippen LogP contribution in [0.15, 0.2) is 47.4 Å². The maximum absolute atomic E-state index is 12.2. The lowest BCUT2D eigenvalue weighted by Crippen LogP contribution is -1.98. The molecule has 0 aliphatic heterocycles. The predicted molar refractivity (Wildman–Crippen MR) is 79.0 cm³/mol. The maximum Gasteiger partial charge on any atom is 0.118 e. The molecule has 0 radical (unpaired) electrons. The summed E-state index contributed by atoms with van der Waals surface area (Å²) in [4.78, 5) is 0.744. The molecule has 0 spiro atoms. The van der Waals surface area contributed by atoms with Crippen LogP contribution in [0.1, 0.15) is 5.56 Å². The quantitative estimate of drug-likeness (QED) is 0.881. The maximum atomic E-state index is 12.2. The Bertz CT molecular complexity index is 599. The molecule has 0 fully saturated rings. The van der Waals surface area contributed by atoms with Gasteiger partial charge < -0.3 is 10.5 Å². The first-order valence-electron chi connectivity index (χ1n) is 5.66. The van der Waals surface area contributed by atoms with E-state index in [1.165, 1.54) is 0 Å². The molecule has 1 unspecified atom stereocenters. The van der Waals surface area contributed by atoms with Crippen molar-refractivity contribution in [3.05, 3.63) is 53.1 Å². The first-order valence-corrected chi connectivity index (χ1v) is 7.36. The van der Waals surface area contributed by atoms with Crippen molar-refractivity contribution in [2.24, 2.45) is 0 Å². The molecule has 2 rings (SSSR count). The van der Waals surface area contributed by atoms with Gasteiger partial charge in [-0.2, -0.15) is 0 Å². The van der Waals surface area contributed by atoms with Gasteiger partial charge in [0.25, 0.3) is 0 Å². The van der Waals surface area contributed by atoms with Gasteiger partial charge in [0.05, 0.1) is 23.7 Å². The molecule has 0 saturated carbocycles. The highest BCUT2D eigenvalue weighted by molar-refractivity contribution is 7.84. The molecule has 2 aromatic rings. The molecule has 0 aliphatic rings. The van der Waals surface area contributed by atoms with E-state index in [9.17, 15) is 4.21 Å². The summed E-state index contributed by atoms with van der Waals surface area (Å²) >= 11 is 6.07. The minimum absolute atomic E-state index is 0.367. The van der Waals surface area contributed by atoms with Gasteiger partial charge in [-0.25, -0.2) is 0 Å². The van der Waals surface area contributed by atoms with Crippen molar-refractivity contribution < 1.29 is 8.95 Å². The van der Waals surface area contributed by atoms with Gasteiger partial charge in [-0.1, -0.05) is 17.7 Å². The fourth-order valence-corrected chi connectivity index (χ4v) is 3.11. The van der Waals surface area contributed by atoms with Crippen LogP contribution in [0.3, 0.4) is 0 Å². The second-order valence-corrected chi connectivity index (χ2v) is 5.87. The largest absolute Gasteiger partial charge is 0.497 e. The third kappa shape index (κ3) is 3.49. The number of ether oxygens (including phenoxy) is 1. The van der Waals surface area contributed by atoms with E-state index in [2.05, 4.69) is 0 Å². The average Bonchev–Trinajstić information content (AvgIpc) is 2.42. The minimum Gasteiger partial charge on any atom is -0.497 e. The molecular formula is C14H14ClNO2S. The molecule has 2 N–H and O–H groups in total. The highest BCUT2D eigenvalue weighted by Gasteiger charge is 2.08. The lowest BCUT2D eigenvalue weighted by Gasteiger charge is -2.06. The third-order valence-electron chi connectivity index (χ3n) is 2.69. The van der Waals surface area contributed by atoms with Crippen LogP contribution in [-0.4, -0.2) is 11.3 Å². The number of nitrogens with two attached hydrogens (primary N) is 1. The molecule has 5 heteroatoms. The van der Waals surface area contributed by atoms with Crippen molar-refractivity contribution in [1.29, 1.82) is 0 Å². The molecule has 0 amide bonds.